The minimum absolute atomic E-state index is 0.365. The highest BCUT2D eigenvalue weighted by Gasteiger charge is 2.34. The zero-order valence-electron chi connectivity index (χ0n) is 13.8. The summed E-state index contributed by atoms with van der Waals surface area (Å²) in [5, 5.41) is 0.762. The van der Waals surface area contributed by atoms with Crippen LogP contribution < -0.4 is 4.74 Å². The van der Waals surface area contributed by atoms with Crippen LogP contribution in [-0.4, -0.2) is 25.5 Å². The summed E-state index contributed by atoms with van der Waals surface area (Å²) in [5.74, 6) is 0.956. The highest BCUT2D eigenvalue weighted by molar-refractivity contribution is 7.99. The van der Waals surface area contributed by atoms with Crippen molar-refractivity contribution in [1.82, 2.24) is 4.90 Å². The van der Waals surface area contributed by atoms with Gasteiger partial charge in [0, 0.05) is 15.5 Å². The molecule has 0 spiro atoms. The normalized spacial score (nSPS) is 19.7. The topological polar surface area (TPSA) is 12.5 Å². The van der Waals surface area contributed by atoms with Gasteiger partial charge < -0.3 is 9.64 Å². The van der Waals surface area contributed by atoms with Crippen molar-refractivity contribution in [3.63, 3.8) is 0 Å². The molecule has 0 aromatic heterocycles. The second-order valence-corrected chi connectivity index (χ2v) is 7.95. The Bertz CT molecular complexity index is 704. The van der Waals surface area contributed by atoms with E-state index < -0.39 is 0 Å². The number of para-hydroxylation sites is 1. The summed E-state index contributed by atoms with van der Waals surface area (Å²) in [7, 11) is 4.21. The predicted octanol–water partition coefficient (Wildman–Crippen LogP) is 5.44. The van der Waals surface area contributed by atoms with Crippen LogP contribution >= 0.6 is 23.4 Å². The molecule has 1 heterocycles. The molecule has 1 aliphatic rings. The van der Waals surface area contributed by atoms with Gasteiger partial charge in [0.05, 0.1) is 4.90 Å². The molecule has 1 unspecified atom stereocenters. The summed E-state index contributed by atoms with van der Waals surface area (Å²) >= 11 is 8.04. The van der Waals surface area contributed by atoms with Crippen molar-refractivity contribution in [2.75, 3.05) is 20.6 Å². The van der Waals surface area contributed by atoms with Crippen LogP contribution in [0, 0.1) is 0 Å². The summed E-state index contributed by atoms with van der Waals surface area (Å²) in [4.78, 5) is 4.60. The summed E-state index contributed by atoms with van der Waals surface area (Å²) < 4.78 is 6.51. The molecule has 2 nitrogen and oxygen atoms in total. The lowest BCUT2D eigenvalue weighted by Crippen LogP contribution is -2.31. The van der Waals surface area contributed by atoms with Crippen molar-refractivity contribution in [2.24, 2.45) is 0 Å². The number of nitrogens with zero attached hydrogens (tertiary/aromatic N) is 1. The van der Waals surface area contributed by atoms with Crippen LogP contribution in [0.2, 0.25) is 5.02 Å². The molecule has 0 radical (unpaired) electrons. The maximum absolute atomic E-state index is 6.51. The summed E-state index contributed by atoms with van der Waals surface area (Å²) in [6.45, 7) is 3.23. The highest BCUT2D eigenvalue weighted by Crippen LogP contribution is 2.48. The number of hydrogen-bond acceptors (Lipinski definition) is 3. The van der Waals surface area contributed by atoms with Crippen LogP contribution in [0.25, 0.3) is 0 Å². The van der Waals surface area contributed by atoms with Crippen molar-refractivity contribution in [3.8, 4) is 5.75 Å². The Kier molecular flexibility index (Phi) is 4.90. The lowest BCUT2D eigenvalue weighted by Gasteiger charge is -2.31. The monoisotopic (exact) mass is 347 g/mol. The molecule has 3 rings (SSSR count). The first kappa shape index (κ1) is 16.7. The fraction of sp³-hybridized carbons (Fsp3) is 0.368. The number of ether oxygens (including phenoxy) is 1. The van der Waals surface area contributed by atoms with Crippen LogP contribution in [0.1, 0.15) is 25.3 Å². The van der Waals surface area contributed by atoms with E-state index in [2.05, 4.69) is 56.3 Å². The molecule has 0 saturated heterocycles. The average Bonchev–Trinajstić information content (AvgIpc) is 2.61. The Hall–Kier alpha value is -1.16. The molecule has 0 bridgehead atoms. The quantitative estimate of drug-likeness (QED) is 0.730. The van der Waals surface area contributed by atoms with Gasteiger partial charge in [-0.05, 0) is 70.7 Å². The van der Waals surface area contributed by atoms with Gasteiger partial charge in [0.1, 0.15) is 11.4 Å². The number of halogens is 1. The fourth-order valence-corrected chi connectivity index (χ4v) is 4.24. The van der Waals surface area contributed by atoms with Crippen LogP contribution in [-0.2, 0) is 5.60 Å². The van der Waals surface area contributed by atoms with E-state index in [1.807, 2.05) is 12.1 Å². The number of rotatable bonds is 4. The fourth-order valence-electron chi connectivity index (χ4n) is 2.96. The second-order valence-electron chi connectivity index (χ2n) is 6.43. The van der Waals surface area contributed by atoms with Crippen LogP contribution in [0.3, 0.4) is 0 Å². The molecule has 0 fully saturated rings. The van der Waals surface area contributed by atoms with Crippen LogP contribution in [0.5, 0.6) is 5.75 Å². The van der Waals surface area contributed by atoms with Crippen molar-refractivity contribution < 1.29 is 4.74 Å². The maximum atomic E-state index is 6.51. The minimum atomic E-state index is -0.365. The Balaban J connectivity index is 2.01. The van der Waals surface area contributed by atoms with Gasteiger partial charge in [-0.25, -0.2) is 0 Å². The third-order valence-corrected chi connectivity index (χ3v) is 5.54. The van der Waals surface area contributed by atoms with E-state index in [0.29, 0.717) is 0 Å². The second kappa shape index (κ2) is 6.76. The van der Waals surface area contributed by atoms with E-state index in [4.69, 9.17) is 16.3 Å². The average molecular weight is 348 g/mol. The predicted molar refractivity (Wildman–Crippen MR) is 97.8 cm³/mol. The van der Waals surface area contributed by atoms with Crippen LogP contribution in [0.4, 0.5) is 0 Å². The Morgan fingerprint density at radius 3 is 2.70 bits per heavy atom. The van der Waals surface area contributed by atoms with Gasteiger partial charge in [0.15, 0.2) is 0 Å². The highest BCUT2D eigenvalue weighted by atomic mass is 35.5. The first-order valence-electron chi connectivity index (χ1n) is 7.89. The molecular formula is C19H22ClNOS. The lowest BCUT2D eigenvalue weighted by molar-refractivity contribution is 0.0676. The van der Waals surface area contributed by atoms with E-state index in [0.717, 1.165) is 35.1 Å². The maximum Gasteiger partial charge on any atom is 0.134 e. The first-order chi connectivity index (χ1) is 11.0. The smallest absolute Gasteiger partial charge is 0.134 e. The van der Waals surface area contributed by atoms with E-state index >= 15 is 0 Å². The van der Waals surface area contributed by atoms with Crippen molar-refractivity contribution in [2.45, 2.75) is 35.2 Å². The lowest BCUT2D eigenvalue weighted by atomic mass is 9.90. The number of benzene rings is 2. The summed E-state index contributed by atoms with van der Waals surface area (Å²) in [5.41, 5.74) is 0.820. The van der Waals surface area contributed by atoms with E-state index in [1.54, 1.807) is 11.8 Å². The molecule has 0 N–H and O–H groups in total. The molecule has 1 aliphatic heterocycles. The molecular weight excluding hydrogens is 326 g/mol. The largest absolute Gasteiger partial charge is 0.482 e. The summed E-state index contributed by atoms with van der Waals surface area (Å²) in [6, 6.07) is 14.4. The molecule has 2 aromatic rings. The van der Waals surface area contributed by atoms with Gasteiger partial charge in [-0.1, -0.05) is 35.5 Å². The molecule has 0 amide bonds. The van der Waals surface area contributed by atoms with E-state index in [-0.39, 0.29) is 5.60 Å². The molecule has 1 atom stereocenters. The van der Waals surface area contributed by atoms with E-state index in [9.17, 15) is 0 Å². The molecule has 23 heavy (non-hydrogen) atoms. The molecule has 0 saturated carbocycles. The van der Waals surface area contributed by atoms with Crippen LogP contribution in [0.15, 0.2) is 52.3 Å². The van der Waals surface area contributed by atoms with Gasteiger partial charge >= 0.3 is 0 Å². The molecule has 0 aliphatic carbocycles. The van der Waals surface area contributed by atoms with Gasteiger partial charge in [0.2, 0.25) is 0 Å². The third kappa shape index (κ3) is 3.68. The Morgan fingerprint density at radius 2 is 1.91 bits per heavy atom. The minimum Gasteiger partial charge on any atom is -0.482 e. The van der Waals surface area contributed by atoms with Gasteiger partial charge in [-0.3, -0.25) is 0 Å². The number of hydrogen-bond donors (Lipinski definition) is 0. The summed E-state index contributed by atoms with van der Waals surface area (Å²) in [6.07, 6.45) is 2.02. The Labute approximate surface area is 147 Å². The molecule has 4 heteroatoms. The number of fused-ring (bicyclic) bond motifs is 2. The molecule has 122 valence electrons. The third-order valence-electron chi connectivity index (χ3n) is 4.17. The van der Waals surface area contributed by atoms with Crippen molar-refractivity contribution >= 4 is 23.4 Å². The molecule has 2 aromatic carbocycles. The van der Waals surface area contributed by atoms with Gasteiger partial charge in [0.25, 0.3) is 0 Å². The zero-order valence-corrected chi connectivity index (χ0v) is 15.4. The Morgan fingerprint density at radius 1 is 1.13 bits per heavy atom. The van der Waals surface area contributed by atoms with Gasteiger partial charge in [-0.2, -0.15) is 0 Å². The zero-order chi connectivity index (χ0) is 16.4. The SMILES string of the molecule is CN(C)CCCC1(C)Oc2ccccc2Sc2ccc(Cl)cc21. The standard InChI is InChI=1S/C19H22ClNOS/c1-19(11-6-12-21(2)3)15-13-14(20)9-10-17(15)23-18-8-5-4-7-16(18)22-19/h4-5,7-10,13H,6,11-12H2,1-3H3. The van der Waals surface area contributed by atoms with Crippen molar-refractivity contribution in [3.05, 3.63) is 53.1 Å². The van der Waals surface area contributed by atoms with Crippen molar-refractivity contribution in [1.29, 1.82) is 0 Å². The first-order valence-corrected chi connectivity index (χ1v) is 9.08. The van der Waals surface area contributed by atoms with Gasteiger partial charge in [-0.15, -0.1) is 0 Å². The van der Waals surface area contributed by atoms with E-state index in [1.165, 1.54) is 10.5 Å².